The van der Waals surface area contributed by atoms with Crippen molar-refractivity contribution in [1.82, 2.24) is 0 Å². The maximum absolute atomic E-state index is 9.71. The Hall–Kier alpha value is -1.68. The minimum atomic E-state index is -0.0853. The van der Waals surface area contributed by atoms with Gasteiger partial charge in [-0.2, -0.15) is 0 Å². The Morgan fingerprint density at radius 2 is 2.00 bits per heavy atom. The predicted molar refractivity (Wildman–Crippen MR) is 67.6 cm³/mol. The second kappa shape index (κ2) is 5.10. The smallest absolute Gasteiger partial charge is 0.186 e. The number of aromatic hydroxyl groups is 2. The lowest BCUT2D eigenvalue weighted by Crippen LogP contribution is -2.22. The van der Waals surface area contributed by atoms with Gasteiger partial charge in [0, 0.05) is 23.6 Å². The van der Waals surface area contributed by atoms with Crippen LogP contribution in [0.1, 0.15) is 11.1 Å². The van der Waals surface area contributed by atoms with Crippen molar-refractivity contribution in [2.45, 2.75) is 6.42 Å². The molecule has 0 aliphatic rings. The molecule has 0 amide bonds. The van der Waals surface area contributed by atoms with E-state index in [2.05, 4.69) is 6.26 Å². The Morgan fingerprint density at radius 3 is 2.76 bits per heavy atom. The second-order valence-corrected chi connectivity index (χ2v) is 4.34. The van der Waals surface area contributed by atoms with E-state index in [1.165, 1.54) is 18.0 Å². The van der Waals surface area contributed by atoms with E-state index < -0.39 is 0 Å². The van der Waals surface area contributed by atoms with Crippen LogP contribution in [-0.4, -0.2) is 10.2 Å². The molecule has 1 radical (unpaired) electrons. The molecule has 1 aromatic carbocycles. The van der Waals surface area contributed by atoms with Crippen molar-refractivity contribution in [3.05, 3.63) is 60.1 Å². The monoisotopic (exact) mass is 247 g/mol. The molecule has 2 N–H and O–H groups in total. The Morgan fingerprint density at radius 1 is 1.18 bits per heavy atom. The van der Waals surface area contributed by atoms with Gasteiger partial charge in [-0.3, -0.25) is 0 Å². The zero-order valence-corrected chi connectivity index (χ0v) is 10.0. The summed E-state index contributed by atoms with van der Waals surface area (Å²) in [5.41, 5.74) is 1.75. The number of aromatic nitrogens is 1. The van der Waals surface area contributed by atoms with Gasteiger partial charge in [0.25, 0.3) is 0 Å². The third kappa shape index (κ3) is 2.71. The van der Waals surface area contributed by atoms with E-state index in [0.29, 0.717) is 12.0 Å². The van der Waals surface area contributed by atoms with Crippen LogP contribution in [0.4, 0.5) is 0 Å². The first-order chi connectivity index (χ1) is 8.20. The normalized spacial score (nSPS) is 10.4. The van der Waals surface area contributed by atoms with E-state index in [4.69, 9.17) is 0 Å². The van der Waals surface area contributed by atoms with Crippen molar-refractivity contribution in [3.63, 3.8) is 0 Å². The highest BCUT2D eigenvalue weighted by Crippen LogP contribution is 2.29. The first-order valence-corrected chi connectivity index (χ1v) is 6.07. The van der Waals surface area contributed by atoms with E-state index in [1.807, 2.05) is 28.5 Å². The van der Waals surface area contributed by atoms with Crippen molar-refractivity contribution in [2.75, 3.05) is 0 Å². The van der Waals surface area contributed by atoms with Gasteiger partial charge in [-0.05, 0) is 12.1 Å². The molecular weight excluding hydrogens is 234 g/mol. The summed E-state index contributed by atoms with van der Waals surface area (Å²) >= 11 is 1.36. The van der Waals surface area contributed by atoms with Gasteiger partial charge < -0.3 is 10.2 Å². The highest BCUT2D eigenvalue weighted by atomic mass is 32.2. The lowest BCUT2D eigenvalue weighted by Gasteiger charge is -2.05. The number of hydrogen-bond acceptors (Lipinski definition) is 3. The summed E-state index contributed by atoms with van der Waals surface area (Å²) in [4.78, 5) is 0. The fourth-order valence-electron chi connectivity index (χ4n) is 1.63. The van der Waals surface area contributed by atoms with Gasteiger partial charge in [-0.25, -0.2) is 0 Å². The molecule has 0 aliphatic heterocycles. The molecule has 17 heavy (non-hydrogen) atoms. The number of para-hydroxylation sites is 1. The van der Waals surface area contributed by atoms with E-state index in [0.717, 1.165) is 5.56 Å². The minimum Gasteiger partial charge on any atom is -0.504 e. The summed E-state index contributed by atoms with van der Waals surface area (Å²) in [5.74, 6) is -0.136. The standard InChI is InChI=1S/C13H12NO2S/c1-17-14-7-3-4-10(9-14)8-11-5-2-6-12(15)13(11)16/h2-7,9H,1,8H2,(H-,15,16)/p+1. The first-order valence-electron chi connectivity index (χ1n) is 5.13. The number of benzene rings is 1. The van der Waals surface area contributed by atoms with Crippen LogP contribution in [0.15, 0.2) is 42.7 Å². The zero-order valence-electron chi connectivity index (χ0n) is 9.21. The van der Waals surface area contributed by atoms with Gasteiger partial charge in [0.2, 0.25) is 0 Å². The number of hydrogen-bond donors (Lipinski definition) is 2. The molecule has 1 aromatic heterocycles. The summed E-state index contributed by atoms with van der Waals surface area (Å²) in [6.45, 7) is 0. The molecule has 2 aromatic rings. The van der Waals surface area contributed by atoms with Crippen molar-refractivity contribution >= 4 is 11.9 Å². The van der Waals surface area contributed by atoms with Crippen LogP contribution in [0.5, 0.6) is 11.5 Å². The fraction of sp³-hybridized carbons (Fsp3) is 0.0769. The predicted octanol–water partition coefficient (Wildman–Crippen LogP) is 2.26. The molecule has 87 valence electrons. The zero-order chi connectivity index (χ0) is 12.3. The highest BCUT2D eigenvalue weighted by Gasteiger charge is 2.09. The SMILES string of the molecule is [CH2]S[n+]1cccc(Cc2cccc(O)c2O)c1. The number of rotatable bonds is 3. The molecule has 0 saturated heterocycles. The average molecular weight is 247 g/mol. The lowest BCUT2D eigenvalue weighted by atomic mass is 10.1. The molecule has 3 nitrogen and oxygen atoms in total. The molecule has 4 heteroatoms. The van der Waals surface area contributed by atoms with Gasteiger partial charge >= 0.3 is 0 Å². The Balaban J connectivity index is 2.28. The molecule has 0 bridgehead atoms. The fourth-order valence-corrected chi connectivity index (χ4v) is 1.99. The van der Waals surface area contributed by atoms with E-state index >= 15 is 0 Å². The summed E-state index contributed by atoms with van der Waals surface area (Å²) in [6, 6.07) is 8.88. The molecule has 0 unspecified atom stereocenters. The molecule has 2 rings (SSSR count). The van der Waals surface area contributed by atoms with Crippen LogP contribution in [0.3, 0.4) is 0 Å². The quantitative estimate of drug-likeness (QED) is 0.646. The Bertz CT molecular complexity index is 529. The average Bonchev–Trinajstić information content (AvgIpc) is 2.35. The number of phenols is 2. The Labute approximate surface area is 104 Å². The highest BCUT2D eigenvalue weighted by molar-refractivity contribution is 7.94. The van der Waals surface area contributed by atoms with E-state index in [1.54, 1.807) is 12.1 Å². The van der Waals surface area contributed by atoms with Crippen LogP contribution < -0.4 is 3.97 Å². The second-order valence-electron chi connectivity index (χ2n) is 3.66. The summed E-state index contributed by atoms with van der Waals surface area (Å²) in [6.07, 6.45) is 8.15. The topological polar surface area (TPSA) is 44.3 Å². The van der Waals surface area contributed by atoms with Crippen LogP contribution in [-0.2, 0) is 6.42 Å². The van der Waals surface area contributed by atoms with Crippen LogP contribution >= 0.6 is 11.9 Å². The maximum atomic E-state index is 9.71. The summed E-state index contributed by atoms with van der Waals surface area (Å²) in [5, 5.41) is 19.1. The van der Waals surface area contributed by atoms with E-state index in [-0.39, 0.29) is 11.5 Å². The third-order valence-corrected chi connectivity index (χ3v) is 3.00. The van der Waals surface area contributed by atoms with Gasteiger partial charge in [0.1, 0.15) is 0 Å². The molecular formula is C13H13NO2S+. The van der Waals surface area contributed by atoms with Crippen molar-refractivity contribution < 1.29 is 14.2 Å². The first kappa shape index (κ1) is 11.8. The van der Waals surface area contributed by atoms with Gasteiger partial charge in [-0.15, -0.1) is 3.97 Å². The molecule has 0 spiro atoms. The van der Waals surface area contributed by atoms with Crippen molar-refractivity contribution in [2.24, 2.45) is 0 Å². The van der Waals surface area contributed by atoms with E-state index in [9.17, 15) is 10.2 Å². The van der Waals surface area contributed by atoms with Crippen LogP contribution in [0.25, 0.3) is 0 Å². The summed E-state index contributed by atoms with van der Waals surface area (Å²) < 4.78 is 1.88. The van der Waals surface area contributed by atoms with Crippen molar-refractivity contribution in [1.29, 1.82) is 0 Å². The summed E-state index contributed by atoms with van der Waals surface area (Å²) in [7, 11) is 0. The van der Waals surface area contributed by atoms with Gasteiger partial charge in [0.05, 0.1) is 6.26 Å². The minimum absolute atomic E-state index is 0.0508. The number of phenolic OH excluding ortho intramolecular Hbond substituents is 2. The molecule has 0 fully saturated rings. The van der Waals surface area contributed by atoms with Crippen LogP contribution in [0, 0.1) is 6.26 Å². The number of nitrogens with zero attached hydrogens (tertiary/aromatic N) is 1. The van der Waals surface area contributed by atoms with Gasteiger partial charge in [-0.1, -0.05) is 12.1 Å². The largest absolute Gasteiger partial charge is 0.504 e. The number of pyridine rings is 1. The van der Waals surface area contributed by atoms with Gasteiger partial charge in [0.15, 0.2) is 35.8 Å². The van der Waals surface area contributed by atoms with Crippen molar-refractivity contribution in [3.8, 4) is 11.5 Å². The third-order valence-electron chi connectivity index (χ3n) is 2.48. The Kier molecular flexibility index (Phi) is 3.54. The maximum Gasteiger partial charge on any atom is 0.186 e. The lowest BCUT2D eigenvalue weighted by molar-refractivity contribution is -0.493. The van der Waals surface area contributed by atoms with Crippen LogP contribution in [0.2, 0.25) is 0 Å². The molecule has 1 heterocycles. The molecule has 0 saturated carbocycles. The molecule has 0 aliphatic carbocycles. The molecule has 0 atom stereocenters.